The molecule has 0 aromatic heterocycles. The van der Waals surface area contributed by atoms with E-state index in [1.165, 1.54) is 0 Å². The first-order valence-electron chi connectivity index (χ1n) is 6.74. The van der Waals surface area contributed by atoms with Gasteiger partial charge in [0.05, 0.1) is 5.41 Å². The van der Waals surface area contributed by atoms with Gasteiger partial charge in [-0.05, 0) is 20.3 Å². The van der Waals surface area contributed by atoms with E-state index in [0.717, 1.165) is 0 Å². The van der Waals surface area contributed by atoms with Gasteiger partial charge in [-0.1, -0.05) is 20.0 Å². The summed E-state index contributed by atoms with van der Waals surface area (Å²) in [6.07, 6.45) is -4.23. The number of hydrogen-bond donors (Lipinski definition) is 0. The number of esters is 2. The zero-order chi connectivity index (χ0) is 18.3. The molecule has 0 aliphatic carbocycles. The Balaban J connectivity index is 4.11. The second-order valence-electron chi connectivity index (χ2n) is 5.37. The van der Waals surface area contributed by atoms with Crippen molar-refractivity contribution in [2.45, 2.75) is 39.3 Å². The predicted octanol–water partition coefficient (Wildman–Crippen LogP) is 3.08. The quantitative estimate of drug-likeness (QED) is 0.365. The van der Waals surface area contributed by atoms with E-state index in [9.17, 15) is 31.5 Å². The molecule has 0 saturated carbocycles. The van der Waals surface area contributed by atoms with Crippen molar-refractivity contribution in [3.63, 3.8) is 0 Å². The van der Waals surface area contributed by atoms with Crippen LogP contribution in [0.5, 0.6) is 0 Å². The number of carbonyl (C=O) groups is 2. The fourth-order valence-electron chi connectivity index (χ4n) is 1.10. The highest BCUT2D eigenvalue weighted by molar-refractivity contribution is 5.78. The highest BCUT2D eigenvalue weighted by Crippen LogP contribution is 2.23. The van der Waals surface area contributed by atoms with Crippen molar-refractivity contribution in [3.05, 3.63) is 5.32 Å². The maximum absolute atomic E-state index is 13.2. The minimum absolute atomic E-state index is 0.427. The lowest BCUT2D eigenvalue weighted by Gasteiger charge is -2.26. The summed E-state index contributed by atoms with van der Waals surface area (Å²) < 4.78 is 70.6. The van der Waals surface area contributed by atoms with Crippen molar-refractivity contribution in [2.24, 2.45) is 5.41 Å². The highest BCUT2D eigenvalue weighted by atomic mass is 19.4. The minimum atomic E-state index is -4.72. The number of halogens is 5. The summed E-state index contributed by atoms with van der Waals surface area (Å²) in [5, 5.41) is 2.57. The third-order valence-electron chi connectivity index (χ3n) is 2.89. The van der Waals surface area contributed by atoms with Crippen LogP contribution in [0.1, 0.15) is 27.2 Å². The monoisotopic (exact) mass is 348 g/mol. The first kappa shape index (κ1) is 21.6. The van der Waals surface area contributed by atoms with Crippen LogP contribution in [0.4, 0.5) is 22.0 Å². The molecule has 0 fully saturated rings. The third-order valence-corrected chi connectivity index (χ3v) is 2.89. The van der Waals surface area contributed by atoms with Gasteiger partial charge >= 0.3 is 24.0 Å². The molecule has 0 atom stereocenters. The first-order chi connectivity index (χ1) is 10.3. The lowest BCUT2D eigenvalue weighted by atomic mass is 9.91. The van der Waals surface area contributed by atoms with Crippen LogP contribution in [-0.4, -0.2) is 50.3 Å². The predicted molar refractivity (Wildman–Crippen MR) is 70.1 cm³/mol. The van der Waals surface area contributed by atoms with E-state index in [-0.39, 0.29) is 0 Å². The summed E-state index contributed by atoms with van der Waals surface area (Å²) in [5.41, 5.74) is -0.760. The molecule has 0 radical (unpaired) electrons. The summed E-state index contributed by atoms with van der Waals surface area (Å²) in [7, 11) is 0. The molecule has 0 bridgehead atoms. The van der Waals surface area contributed by atoms with E-state index in [1.807, 2.05) is 0 Å². The molecule has 0 saturated heterocycles. The van der Waals surface area contributed by atoms with E-state index < -0.39 is 55.8 Å². The molecule has 136 valence electrons. The molecule has 0 heterocycles. The first-order valence-corrected chi connectivity index (χ1v) is 6.74. The van der Waals surface area contributed by atoms with Gasteiger partial charge in [-0.3, -0.25) is 4.79 Å². The largest absolute Gasteiger partial charge is 0.650 e. The molecule has 0 rings (SSSR count). The topological polar surface area (TPSA) is 66.7 Å². The van der Waals surface area contributed by atoms with Gasteiger partial charge < -0.3 is 14.8 Å². The Hall–Kier alpha value is -1.45. The van der Waals surface area contributed by atoms with E-state index in [2.05, 4.69) is 10.1 Å². The maximum Gasteiger partial charge on any atom is 0.375 e. The summed E-state index contributed by atoms with van der Waals surface area (Å²) in [4.78, 5) is 22.6. The van der Waals surface area contributed by atoms with Crippen LogP contribution in [0.15, 0.2) is 0 Å². The SMILES string of the molecule is CCC(C)(C)C(=O)OCCOC(=O)C(F)(F)C[N-]CC(F)(F)F. The average molecular weight is 348 g/mol. The summed E-state index contributed by atoms with van der Waals surface area (Å²) in [5.74, 6) is -6.77. The Morgan fingerprint density at radius 1 is 0.913 bits per heavy atom. The van der Waals surface area contributed by atoms with Gasteiger partial charge in [0, 0.05) is 0 Å². The van der Waals surface area contributed by atoms with E-state index >= 15 is 0 Å². The van der Waals surface area contributed by atoms with Crippen molar-refractivity contribution >= 4 is 11.9 Å². The van der Waals surface area contributed by atoms with Crippen molar-refractivity contribution in [3.8, 4) is 0 Å². The van der Waals surface area contributed by atoms with Gasteiger partial charge in [0.1, 0.15) is 13.2 Å². The molecule has 0 aromatic rings. The van der Waals surface area contributed by atoms with Gasteiger partial charge in [0.2, 0.25) is 0 Å². The smallest absolute Gasteiger partial charge is 0.375 e. The summed E-state index contributed by atoms with van der Waals surface area (Å²) in [6.45, 7) is 0.540. The number of rotatable bonds is 9. The number of ether oxygens (including phenoxy) is 2. The zero-order valence-electron chi connectivity index (χ0n) is 13.0. The van der Waals surface area contributed by atoms with E-state index in [0.29, 0.717) is 6.42 Å². The number of alkyl halides is 5. The molecular formula is C13H19F5NO4-. The Morgan fingerprint density at radius 2 is 1.39 bits per heavy atom. The standard InChI is InChI=1S/C13H19F5NO4/c1-4-11(2,3)9(20)22-5-6-23-10(21)12(14,15)7-19-8-13(16,17)18/h4-8H2,1-3H3/q-1. The Kier molecular flexibility index (Phi) is 7.89. The number of nitrogens with zero attached hydrogens (tertiary/aromatic N) is 1. The van der Waals surface area contributed by atoms with Crippen LogP contribution in [-0.2, 0) is 19.1 Å². The molecule has 23 heavy (non-hydrogen) atoms. The molecule has 0 aliphatic heterocycles. The zero-order valence-corrected chi connectivity index (χ0v) is 13.0. The second kappa shape index (κ2) is 8.42. The number of hydrogen-bond acceptors (Lipinski definition) is 4. The molecule has 0 spiro atoms. The van der Waals surface area contributed by atoms with Crippen molar-refractivity contribution < 1.29 is 41.0 Å². The third kappa shape index (κ3) is 8.68. The minimum Gasteiger partial charge on any atom is -0.650 e. The normalized spacial score (nSPS) is 12.9. The molecule has 5 nitrogen and oxygen atoms in total. The van der Waals surface area contributed by atoms with Crippen LogP contribution in [0.2, 0.25) is 0 Å². The van der Waals surface area contributed by atoms with Crippen molar-refractivity contribution in [1.82, 2.24) is 0 Å². The van der Waals surface area contributed by atoms with Crippen LogP contribution in [0, 0.1) is 5.41 Å². The van der Waals surface area contributed by atoms with Gasteiger partial charge in [-0.2, -0.15) is 22.0 Å². The molecule has 10 heteroatoms. The Morgan fingerprint density at radius 3 is 1.83 bits per heavy atom. The second-order valence-corrected chi connectivity index (χ2v) is 5.37. The Bertz CT molecular complexity index is 410. The van der Waals surface area contributed by atoms with E-state index in [1.54, 1.807) is 20.8 Å². The fraction of sp³-hybridized carbons (Fsp3) is 0.846. The molecule has 0 amide bonds. The van der Waals surface area contributed by atoms with Gasteiger partial charge in [-0.25, -0.2) is 4.79 Å². The van der Waals surface area contributed by atoms with Gasteiger partial charge in [0.25, 0.3) is 0 Å². The molecule has 0 aromatic carbocycles. The maximum atomic E-state index is 13.2. The van der Waals surface area contributed by atoms with Gasteiger partial charge in [-0.15, -0.1) is 0 Å². The van der Waals surface area contributed by atoms with Crippen LogP contribution in [0.25, 0.3) is 5.32 Å². The van der Waals surface area contributed by atoms with E-state index in [4.69, 9.17) is 4.74 Å². The van der Waals surface area contributed by atoms with Crippen LogP contribution in [0.3, 0.4) is 0 Å². The molecular weight excluding hydrogens is 329 g/mol. The average Bonchev–Trinajstić information content (AvgIpc) is 2.41. The summed E-state index contributed by atoms with van der Waals surface area (Å²) >= 11 is 0. The highest BCUT2D eigenvalue weighted by Gasteiger charge is 2.37. The van der Waals surface area contributed by atoms with Gasteiger partial charge in [0.15, 0.2) is 0 Å². The summed E-state index contributed by atoms with van der Waals surface area (Å²) in [6, 6.07) is 0. The van der Waals surface area contributed by atoms with Crippen molar-refractivity contribution in [2.75, 3.05) is 26.3 Å². The fourth-order valence-corrected chi connectivity index (χ4v) is 1.10. The molecule has 0 aliphatic rings. The molecule has 0 N–H and O–H groups in total. The van der Waals surface area contributed by atoms with Crippen molar-refractivity contribution in [1.29, 1.82) is 0 Å². The number of carbonyl (C=O) groups excluding carboxylic acids is 2. The lowest BCUT2D eigenvalue weighted by Crippen LogP contribution is -2.36. The van der Waals surface area contributed by atoms with Crippen LogP contribution < -0.4 is 0 Å². The Labute approximate surface area is 130 Å². The molecule has 0 unspecified atom stereocenters. The lowest BCUT2D eigenvalue weighted by molar-refractivity contribution is -0.174. The van der Waals surface area contributed by atoms with Crippen LogP contribution >= 0.6 is 0 Å².